The van der Waals surface area contributed by atoms with Crippen molar-refractivity contribution in [1.82, 2.24) is 15.0 Å². The molecule has 1 atom stereocenters. The summed E-state index contributed by atoms with van der Waals surface area (Å²) in [5, 5.41) is 3.50. The largest absolute Gasteiger partial charge is 0.310 e. The van der Waals surface area contributed by atoms with E-state index in [1.807, 2.05) is 6.07 Å². The molecular weight excluding hydrogens is 286 g/mol. The number of hydrogen-bond acceptors (Lipinski definition) is 4. The molecule has 0 bridgehead atoms. The standard InChI is InChI=1S/C15H23N3O2S/c1-11(13-3-4-13)8-18-21(19,20)15-7-2-12(10-17-15)9-16-14-5-6-14/h2,7,10-11,13-14,16,18H,3-6,8-9H2,1H3. The quantitative estimate of drug-likeness (QED) is 0.766. The Labute approximate surface area is 126 Å². The van der Waals surface area contributed by atoms with Crippen molar-refractivity contribution in [3.05, 3.63) is 23.9 Å². The third-order valence-electron chi connectivity index (χ3n) is 4.27. The van der Waals surface area contributed by atoms with E-state index in [0.717, 1.165) is 12.1 Å². The Morgan fingerprint density at radius 2 is 2.05 bits per heavy atom. The lowest BCUT2D eigenvalue weighted by Crippen LogP contribution is -2.29. The van der Waals surface area contributed by atoms with Crippen molar-refractivity contribution in [1.29, 1.82) is 0 Å². The first-order valence-electron chi connectivity index (χ1n) is 7.72. The molecule has 0 spiro atoms. The van der Waals surface area contributed by atoms with E-state index in [9.17, 15) is 8.42 Å². The van der Waals surface area contributed by atoms with E-state index in [1.165, 1.54) is 25.7 Å². The van der Waals surface area contributed by atoms with Crippen molar-refractivity contribution >= 4 is 10.0 Å². The molecule has 0 aromatic carbocycles. The Hall–Kier alpha value is -0.980. The van der Waals surface area contributed by atoms with Crippen molar-refractivity contribution in [2.45, 2.75) is 50.2 Å². The van der Waals surface area contributed by atoms with Gasteiger partial charge in [-0.3, -0.25) is 0 Å². The summed E-state index contributed by atoms with van der Waals surface area (Å²) in [4.78, 5) is 4.10. The van der Waals surface area contributed by atoms with Gasteiger partial charge in [-0.25, -0.2) is 18.1 Å². The number of sulfonamides is 1. The first-order valence-corrected chi connectivity index (χ1v) is 9.21. The second-order valence-corrected chi connectivity index (χ2v) is 8.04. The number of hydrogen-bond donors (Lipinski definition) is 2. The fraction of sp³-hybridized carbons (Fsp3) is 0.667. The monoisotopic (exact) mass is 309 g/mol. The molecule has 0 radical (unpaired) electrons. The minimum atomic E-state index is -3.48. The predicted octanol–water partition coefficient (Wildman–Crippen LogP) is 1.66. The van der Waals surface area contributed by atoms with E-state index < -0.39 is 10.0 Å². The molecule has 0 amide bonds. The van der Waals surface area contributed by atoms with Gasteiger partial charge < -0.3 is 5.32 Å². The van der Waals surface area contributed by atoms with Crippen LogP contribution in [0.4, 0.5) is 0 Å². The van der Waals surface area contributed by atoms with Crippen LogP contribution in [-0.4, -0.2) is 26.0 Å². The van der Waals surface area contributed by atoms with Crippen molar-refractivity contribution in [3.8, 4) is 0 Å². The van der Waals surface area contributed by atoms with E-state index in [4.69, 9.17) is 0 Å². The van der Waals surface area contributed by atoms with Crippen LogP contribution in [0.5, 0.6) is 0 Å². The van der Waals surface area contributed by atoms with Crippen LogP contribution in [0.2, 0.25) is 0 Å². The summed E-state index contributed by atoms with van der Waals surface area (Å²) >= 11 is 0. The lowest BCUT2D eigenvalue weighted by molar-refractivity contribution is 0.491. The van der Waals surface area contributed by atoms with Crippen LogP contribution in [-0.2, 0) is 16.6 Å². The van der Waals surface area contributed by atoms with Crippen molar-refractivity contribution in [2.75, 3.05) is 6.54 Å². The van der Waals surface area contributed by atoms with Crippen LogP contribution in [0.25, 0.3) is 0 Å². The molecule has 0 saturated heterocycles. The summed E-state index contributed by atoms with van der Waals surface area (Å²) in [6.07, 6.45) is 6.58. The van der Waals surface area contributed by atoms with Gasteiger partial charge in [-0.05, 0) is 49.1 Å². The van der Waals surface area contributed by atoms with Crippen LogP contribution in [0, 0.1) is 11.8 Å². The highest BCUT2D eigenvalue weighted by Gasteiger charge is 2.29. The molecule has 1 unspecified atom stereocenters. The highest BCUT2D eigenvalue weighted by Crippen LogP contribution is 2.36. The average Bonchev–Trinajstić information content (AvgIpc) is 3.36. The zero-order valence-electron chi connectivity index (χ0n) is 12.4. The molecular formula is C15H23N3O2S. The second kappa shape index (κ2) is 6.02. The van der Waals surface area contributed by atoms with Gasteiger partial charge >= 0.3 is 0 Å². The summed E-state index contributed by atoms with van der Waals surface area (Å²) in [6, 6.07) is 4.06. The second-order valence-electron chi connectivity index (χ2n) is 6.33. The minimum absolute atomic E-state index is 0.112. The molecule has 1 heterocycles. The summed E-state index contributed by atoms with van der Waals surface area (Å²) in [7, 11) is -3.48. The number of pyridine rings is 1. The van der Waals surface area contributed by atoms with Crippen LogP contribution >= 0.6 is 0 Å². The van der Waals surface area contributed by atoms with Crippen molar-refractivity contribution in [2.24, 2.45) is 11.8 Å². The summed E-state index contributed by atoms with van der Waals surface area (Å²) in [5.74, 6) is 1.10. The molecule has 5 nitrogen and oxygen atoms in total. The number of nitrogens with zero attached hydrogens (tertiary/aromatic N) is 1. The third-order valence-corrected chi connectivity index (χ3v) is 5.61. The first-order chi connectivity index (χ1) is 10.0. The molecule has 2 fully saturated rings. The maximum Gasteiger partial charge on any atom is 0.258 e. The molecule has 2 saturated carbocycles. The summed E-state index contributed by atoms with van der Waals surface area (Å²) < 4.78 is 27.0. The molecule has 21 heavy (non-hydrogen) atoms. The van der Waals surface area contributed by atoms with E-state index in [1.54, 1.807) is 12.3 Å². The molecule has 116 valence electrons. The average molecular weight is 309 g/mol. The molecule has 2 N–H and O–H groups in total. The van der Waals surface area contributed by atoms with Crippen LogP contribution in [0.3, 0.4) is 0 Å². The Balaban J connectivity index is 1.55. The fourth-order valence-electron chi connectivity index (χ4n) is 2.37. The number of rotatable bonds is 8. The maximum atomic E-state index is 12.2. The van der Waals surface area contributed by atoms with Gasteiger partial charge in [-0.1, -0.05) is 13.0 Å². The maximum absolute atomic E-state index is 12.2. The van der Waals surface area contributed by atoms with Gasteiger partial charge in [-0.2, -0.15) is 0 Å². The van der Waals surface area contributed by atoms with Gasteiger partial charge in [0.05, 0.1) is 0 Å². The Bertz CT molecular complexity index is 577. The zero-order chi connectivity index (χ0) is 14.9. The Morgan fingerprint density at radius 3 is 2.62 bits per heavy atom. The fourth-order valence-corrected chi connectivity index (χ4v) is 3.44. The van der Waals surface area contributed by atoms with Crippen LogP contribution < -0.4 is 10.0 Å². The highest BCUT2D eigenvalue weighted by atomic mass is 32.2. The number of aromatic nitrogens is 1. The Morgan fingerprint density at radius 1 is 1.29 bits per heavy atom. The van der Waals surface area contributed by atoms with Gasteiger partial charge in [0.15, 0.2) is 5.03 Å². The van der Waals surface area contributed by atoms with E-state index in [-0.39, 0.29) is 5.03 Å². The normalized spacial score (nSPS) is 20.4. The van der Waals surface area contributed by atoms with E-state index in [0.29, 0.717) is 24.4 Å². The number of nitrogens with one attached hydrogen (secondary N) is 2. The molecule has 6 heteroatoms. The lowest BCUT2D eigenvalue weighted by atomic mass is 10.1. The van der Waals surface area contributed by atoms with E-state index >= 15 is 0 Å². The zero-order valence-corrected chi connectivity index (χ0v) is 13.2. The van der Waals surface area contributed by atoms with Gasteiger partial charge in [0.2, 0.25) is 0 Å². The highest BCUT2D eigenvalue weighted by molar-refractivity contribution is 7.89. The SMILES string of the molecule is CC(CNS(=O)(=O)c1ccc(CNC2CC2)cn1)C1CC1. The molecule has 1 aromatic rings. The molecule has 1 aromatic heterocycles. The molecule has 2 aliphatic carbocycles. The minimum Gasteiger partial charge on any atom is -0.310 e. The summed E-state index contributed by atoms with van der Waals surface area (Å²) in [5.41, 5.74) is 1.02. The molecule has 0 aliphatic heterocycles. The third kappa shape index (κ3) is 4.25. The van der Waals surface area contributed by atoms with Crippen molar-refractivity contribution < 1.29 is 8.42 Å². The van der Waals surface area contributed by atoms with Crippen LogP contribution in [0.1, 0.15) is 38.2 Å². The smallest absolute Gasteiger partial charge is 0.258 e. The van der Waals surface area contributed by atoms with Gasteiger partial charge in [-0.15, -0.1) is 0 Å². The first kappa shape index (κ1) is 14.9. The summed E-state index contributed by atoms with van der Waals surface area (Å²) in [6.45, 7) is 3.35. The molecule has 3 rings (SSSR count). The molecule has 2 aliphatic rings. The Kier molecular flexibility index (Phi) is 4.28. The van der Waals surface area contributed by atoms with Crippen LogP contribution in [0.15, 0.2) is 23.4 Å². The van der Waals surface area contributed by atoms with Gasteiger partial charge in [0.1, 0.15) is 0 Å². The van der Waals surface area contributed by atoms with E-state index in [2.05, 4.69) is 21.9 Å². The topological polar surface area (TPSA) is 71.1 Å². The van der Waals surface area contributed by atoms with Gasteiger partial charge in [0, 0.05) is 25.3 Å². The predicted molar refractivity (Wildman–Crippen MR) is 81.2 cm³/mol. The lowest BCUT2D eigenvalue weighted by Gasteiger charge is -2.11. The van der Waals surface area contributed by atoms with Gasteiger partial charge in [0.25, 0.3) is 10.0 Å². The van der Waals surface area contributed by atoms with Crippen molar-refractivity contribution in [3.63, 3.8) is 0 Å².